The van der Waals surface area contributed by atoms with E-state index in [4.69, 9.17) is 29.4 Å². The van der Waals surface area contributed by atoms with Crippen LogP contribution in [0.1, 0.15) is 168 Å². The third-order valence-corrected chi connectivity index (χ3v) is 9.18. The van der Waals surface area contributed by atoms with Gasteiger partial charge in [0.15, 0.2) is 0 Å². The zero-order valence-corrected chi connectivity index (χ0v) is 31.9. The van der Waals surface area contributed by atoms with E-state index in [2.05, 4.69) is 38.2 Å². The number of hydrogen-bond donors (Lipinski definition) is 3. The molecule has 49 heavy (non-hydrogen) atoms. The van der Waals surface area contributed by atoms with E-state index in [1.54, 1.807) is 0 Å². The molecule has 0 radical (unpaired) electrons. The van der Waals surface area contributed by atoms with Gasteiger partial charge in [-0.3, -0.25) is 18.6 Å². The molecule has 0 bridgehead atoms. The van der Waals surface area contributed by atoms with Gasteiger partial charge in [0, 0.05) is 13.0 Å². The number of rotatable bonds is 37. The van der Waals surface area contributed by atoms with Crippen molar-refractivity contribution in [3.63, 3.8) is 0 Å². The lowest BCUT2D eigenvalue weighted by Crippen LogP contribution is -2.34. The second kappa shape index (κ2) is 34.9. The number of hydrogen-bond acceptors (Lipinski definition) is 8. The number of carbonyl (C=O) groups excluding carboxylic acids is 1. The van der Waals surface area contributed by atoms with Gasteiger partial charge < -0.3 is 25.2 Å². The predicted molar refractivity (Wildman–Crippen MR) is 198 cm³/mol. The van der Waals surface area contributed by atoms with Crippen LogP contribution in [0.4, 0.5) is 0 Å². The maximum atomic E-state index is 12.5. The molecule has 11 heteroatoms. The number of esters is 1. The lowest BCUT2D eigenvalue weighted by molar-refractivity contribution is -0.154. The lowest BCUT2D eigenvalue weighted by atomic mass is 10.0. The van der Waals surface area contributed by atoms with Gasteiger partial charge in [-0.25, -0.2) is 4.57 Å². The maximum absolute atomic E-state index is 12.5. The highest BCUT2D eigenvalue weighted by Crippen LogP contribution is 2.43. The minimum absolute atomic E-state index is 0.0128. The van der Waals surface area contributed by atoms with Crippen LogP contribution in [-0.2, 0) is 32.7 Å². The molecule has 0 heterocycles. The van der Waals surface area contributed by atoms with Crippen LogP contribution in [0.5, 0.6) is 0 Å². The van der Waals surface area contributed by atoms with Crippen LogP contribution >= 0.6 is 7.82 Å². The zero-order chi connectivity index (χ0) is 36.3. The molecule has 4 N–H and O–H groups in total. The summed E-state index contributed by atoms with van der Waals surface area (Å²) in [5, 5.41) is 8.86. The summed E-state index contributed by atoms with van der Waals surface area (Å²) < 4.78 is 33.2. The van der Waals surface area contributed by atoms with Crippen molar-refractivity contribution in [1.29, 1.82) is 0 Å². The maximum Gasteiger partial charge on any atom is 0.472 e. The lowest BCUT2D eigenvalue weighted by Gasteiger charge is -2.20. The second-order valence-corrected chi connectivity index (χ2v) is 14.5. The molecule has 0 aromatic rings. The van der Waals surface area contributed by atoms with Gasteiger partial charge in [-0.2, -0.15) is 0 Å². The Morgan fingerprint density at radius 2 is 1.14 bits per heavy atom. The van der Waals surface area contributed by atoms with Gasteiger partial charge in [-0.15, -0.1) is 0 Å². The van der Waals surface area contributed by atoms with Crippen molar-refractivity contribution >= 4 is 19.8 Å². The molecular weight excluding hydrogens is 645 g/mol. The number of carboxylic acids is 1. The number of allylic oxidation sites excluding steroid dienone is 4. The second-order valence-electron chi connectivity index (χ2n) is 13.1. The van der Waals surface area contributed by atoms with Crippen LogP contribution in [0.25, 0.3) is 0 Å². The van der Waals surface area contributed by atoms with Crippen LogP contribution in [0.2, 0.25) is 0 Å². The Kier molecular flexibility index (Phi) is 33.8. The number of carbonyl (C=O) groups is 2. The Labute approximate surface area is 298 Å². The average Bonchev–Trinajstić information content (AvgIpc) is 3.07. The summed E-state index contributed by atoms with van der Waals surface area (Å²) in [6.45, 7) is 3.81. The quantitative estimate of drug-likeness (QED) is 0.0245. The molecule has 0 saturated heterocycles. The van der Waals surface area contributed by atoms with E-state index in [0.29, 0.717) is 13.0 Å². The van der Waals surface area contributed by atoms with E-state index < -0.39 is 45.1 Å². The number of phosphoric acid groups is 1. The van der Waals surface area contributed by atoms with Gasteiger partial charge in [0.25, 0.3) is 0 Å². The fraction of sp³-hybridized carbons (Fsp3) is 0.842. The number of carboxylic acid groups (broad SMARTS) is 1. The van der Waals surface area contributed by atoms with Gasteiger partial charge in [0.2, 0.25) is 0 Å². The molecule has 288 valence electrons. The number of phosphoric ester groups is 1. The van der Waals surface area contributed by atoms with Gasteiger partial charge >= 0.3 is 19.8 Å². The molecule has 3 atom stereocenters. The van der Waals surface area contributed by atoms with Crippen LogP contribution in [0.3, 0.4) is 0 Å². The van der Waals surface area contributed by atoms with Crippen molar-refractivity contribution in [1.82, 2.24) is 0 Å². The molecule has 0 aliphatic rings. The summed E-state index contributed by atoms with van der Waals surface area (Å²) in [4.78, 5) is 33.4. The fourth-order valence-corrected chi connectivity index (χ4v) is 5.93. The largest absolute Gasteiger partial charge is 0.480 e. The summed E-state index contributed by atoms with van der Waals surface area (Å²) in [6.07, 6.45) is 35.1. The average molecular weight is 718 g/mol. The van der Waals surface area contributed by atoms with E-state index in [9.17, 15) is 19.0 Å². The molecule has 0 rings (SSSR count). The standard InChI is InChI=1S/C38H72NO9P/c1-3-5-7-9-11-13-15-17-18-19-21-23-25-27-29-31-45-32-35(33-46-49(43,44)47-34-36(39)38(41)42)48-37(40)30-28-26-24-22-20-16-14-12-10-8-6-4-2/h9,11,15,17,35-36H,3-8,10,12-14,16,18-34,39H2,1-2H3,(H,41,42)(H,43,44)/b11-9-,17-15-. The van der Waals surface area contributed by atoms with Crippen LogP contribution in [0.15, 0.2) is 24.3 Å². The Balaban J connectivity index is 4.30. The van der Waals surface area contributed by atoms with Crippen LogP contribution in [-0.4, -0.2) is 60.5 Å². The summed E-state index contributed by atoms with van der Waals surface area (Å²) in [5.74, 6) is -1.78. The number of nitrogens with two attached hydrogens (primary N) is 1. The SMILES string of the molecule is CCCC/C=C\C/C=C\CCCCCCCCOCC(COP(=O)(O)OCC(N)C(=O)O)OC(=O)CCCCCCCCCCCCCC. The highest BCUT2D eigenvalue weighted by molar-refractivity contribution is 7.47. The normalized spacial score (nSPS) is 14.4. The van der Waals surface area contributed by atoms with Crippen molar-refractivity contribution in [2.45, 2.75) is 180 Å². The molecule has 0 aliphatic heterocycles. The first kappa shape index (κ1) is 47.4. The molecule has 0 amide bonds. The number of aliphatic carboxylic acids is 1. The van der Waals surface area contributed by atoms with Crippen LogP contribution in [0, 0.1) is 0 Å². The summed E-state index contributed by atoms with van der Waals surface area (Å²) >= 11 is 0. The molecular formula is C38H72NO9P. The summed E-state index contributed by atoms with van der Waals surface area (Å²) in [5.41, 5.74) is 5.34. The van der Waals surface area contributed by atoms with Crippen molar-refractivity contribution in [3.05, 3.63) is 24.3 Å². The molecule has 0 spiro atoms. The Morgan fingerprint density at radius 1 is 0.653 bits per heavy atom. The van der Waals surface area contributed by atoms with E-state index in [-0.39, 0.29) is 13.0 Å². The fourth-order valence-electron chi connectivity index (χ4n) is 5.15. The number of unbranched alkanes of at least 4 members (excludes halogenated alkanes) is 19. The minimum atomic E-state index is -4.61. The monoisotopic (exact) mass is 717 g/mol. The van der Waals surface area contributed by atoms with Crippen molar-refractivity contribution in [2.75, 3.05) is 26.4 Å². The first-order chi connectivity index (χ1) is 23.7. The number of ether oxygens (including phenoxy) is 2. The van der Waals surface area contributed by atoms with E-state index in [1.807, 2.05) is 0 Å². The first-order valence-electron chi connectivity index (χ1n) is 19.4. The van der Waals surface area contributed by atoms with Crippen LogP contribution < -0.4 is 5.73 Å². The third kappa shape index (κ3) is 34.7. The molecule has 3 unspecified atom stereocenters. The van der Waals surface area contributed by atoms with E-state index in [1.165, 1.54) is 96.3 Å². The van der Waals surface area contributed by atoms with E-state index >= 15 is 0 Å². The Hall–Kier alpha value is -1.55. The molecule has 0 aromatic carbocycles. The molecule has 10 nitrogen and oxygen atoms in total. The topological polar surface area (TPSA) is 155 Å². The third-order valence-electron chi connectivity index (χ3n) is 8.23. The van der Waals surface area contributed by atoms with Gasteiger partial charge in [-0.1, -0.05) is 147 Å². The van der Waals surface area contributed by atoms with Gasteiger partial charge in [-0.05, 0) is 38.5 Å². The highest BCUT2D eigenvalue weighted by Gasteiger charge is 2.27. The van der Waals surface area contributed by atoms with Crippen molar-refractivity contribution in [2.24, 2.45) is 5.73 Å². The van der Waals surface area contributed by atoms with E-state index in [0.717, 1.165) is 44.9 Å². The van der Waals surface area contributed by atoms with Crippen molar-refractivity contribution < 1.29 is 42.7 Å². The highest BCUT2D eigenvalue weighted by atomic mass is 31.2. The Bertz CT molecular complexity index is 883. The molecule has 0 aromatic heterocycles. The first-order valence-corrected chi connectivity index (χ1v) is 20.9. The summed E-state index contributed by atoms with van der Waals surface area (Å²) in [6, 6.07) is -1.47. The summed E-state index contributed by atoms with van der Waals surface area (Å²) in [7, 11) is -4.61. The zero-order valence-electron chi connectivity index (χ0n) is 31.0. The molecule has 0 fully saturated rings. The molecule has 0 saturated carbocycles. The van der Waals surface area contributed by atoms with Gasteiger partial charge in [0.1, 0.15) is 12.1 Å². The minimum Gasteiger partial charge on any atom is -0.480 e. The molecule has 0 aliphatic carbocycles. The van der Waals surface area contributed by atoms with Gasteiger partial charge in [0.05, 0.1) is 19.8 Å². The Morgan fingerprint density at radius 3 is 1.71 bits per heavy atom. The predicted octanol–water partition coefficient (Wildman–Crippen LogP) is 9.97. The van der Waals surface area contributed by atoms with Crippen molar-refractivity contribution in [3.8, 4) is 0 Å². The smallest absolute Gasteiger partial charge is 0.472 e.